The Kier molecular flexibility index (Phi) is 5.17. The molecule has 0 bridgehead atoms. The van der Waals surface area contributed by atoms with E-state index in [0.29, 0.717) is 26.8 Å². The second-order valence-corrected chi connectivity index (χ2v) is 8.09. The SMILES string of the molecule is CC(=O)C1CN(c2ncnc3cccc(-c4ccc(Cl)c(Cl)c4)c23)CC(F)(F)C1. The molecule has 29 heavy (non-hydrogen) atoms. The van der Waals surface area contributed by atoms with Gasteiger partial charge in [0, 0.05) is 18.9 Å². The Morgan fingerprint density at radius 1 is 1.17 bits per heavy atom. The van der Waals surface area contributed by atoms with Crippen molar-refractivity contribution in [2.24, 2.45) is 5.92 Å². The van der Waals surface area contributed by atoms with Gasteiger partial charge in [0.05, 0.1) is 27.5 Å². The third-order valence-corrected chi connectivity index (χ3v) is 5.89. The number of carbonyl (C=O) groups is 1. The van der Waals surface area contributed by atoms with Crippen LogP contribution in [0.5, 0.6) is 0 Å². The van der Waals surface area contributed by atoms with Gasteiger partial charge < -0.3 is 4.90 Å². The number of benzene rings is 2. The van der Waals surface area contributed by atoms with Crippen LogP contribution in [0.4, 0.5) is 14.6 Å². The van der Waals surface area contributed by atoms with Gasteiger partial charge in [-0.3, -0.25) is 4.79 Å². The van der Waals surface area contributed by atoms with Crippen molar-refractivity contribution in [1.82, 2.24) is 9.97 Å². The number of halogens is 4. The Morgan fingerprint density at radius 3 is 2.69 bits per heavy atom. The second kappa shape index (κ2) is 7.50. The normalized spacial score (nSPS) is 18.8. The van der Waals surface area contributed by atoms with Gasteiger partial charge in [-0.15, -0.1) is 0 Å². The number of rotatable bonds is 3. The molecule has 1 unspecified atom stereocenters. The van der Waals surface area contributed by atoms with Gasteiger partial charge in [0.2, 0.25) is 0 Å². The fourth-order valence-corrected chi connectivity index (χ4v) is 4.07. The Labute approximate surface area is 176 Å². The van der Waals surface area contributed by atoms with Gasteiger partial charge in [0.15, 0.2) is 0 Å². The number of hydrogen-bond donors (Lipinski definition) is 0. The third-order valence-electron chi connectivity index (χ3n) is 5.16. The maximum Gasteiger partial charge on any atom is 0.266 e. The number of nitrogens with zero attached hydrogens (tertiary/aromatic N) is 3. The maximum absolute atomic E-state index is 14.4. The first-order chi connectivity index (χ1) is 13.7. The van der Waals surface area contributed by atoms with E-state index in [1.54, 1.807) is 18.2 Å². The zero-order valence-electron chi connectivity index (χ0n) is 15.5. The second-order valence-electron chi connectivity index (χ2n) is 7.27. The molecule has 1 aromatic heterocycles. The first-order valence-electron chi connectivity index (χ1n) is 9.07. The van der Waals surface area contributed by atoms with Crippen molar-refractivity contribution in [3.63, 3.8) is 0 Å². The van der Waals surface area contributed by atoms with Gasteiger partial charge >= 0.3 is 0 Å². The molecule has 1 fully saturated rings. The molecule has 1 saturated heterocycles. The molecule has 0 N–H and O–H groups in total. The summed E-state index contributed by atoms with van der Waals surface area (Å²) < 4.78 is 28.8. The molecule has 150 valence electrons. The Morgan fingerprint density at radius 2 is 1.97 bits per heavy atom. The van der Waals surface area contributed by atoms with E-state index in [1.165, 1.54) is 18.2 Å². The van der Waals surface area contributed by atoms with Crippen LogP contribution >= 0.6 is 23.2 Å². The first-order valence-corrected chi connectivity index (χ1v) is 9.83. The van der Waals surface area contributed by atoms with Crippen LogP contribution < -0.4 is 4.90 Å². The van der Waals surface area contributed by atoms with Crippen LogP contribution in [-0.2, 0) is 4.79 Å². The molecule has 0 amide bonds. The molecule has 1 aliphatic rings. The standard InChI is InChI=1S/C21H17Cl2F2N3O/c1-12(29)14-8-21(24,25)10-28(9-14)20-19-15(3-2-4-18(19)26-11-27-20)13-5-6-16(22)17(23)7-13/h2-7,11,14H,8-10H2,1H3. The fourth-order valence-electron chi connectivity index (χ4n) is 3.77. The summed E-state index contributed by atoms with van der Waals surface area (Å²) in [6.07, 6.45) is 0.910. The summed E-state index contributed by atoms with van der Waals surface area (Å²) in [5, 5.41) is 1.45. The molecule has 8 heteroatoms. The monoisotopic (exact) mass is 435 g/mol. The van der Waals surface area contributed by atoms with Crippen LogP contribution in [-0.4, -0.2) is 34.8 Å². The highest BCUT2D eigenvalue weighted by molar-refractivity contribution is 6.42. The van der Waals surface area contributed by atoms with Crippen molar-refractivity contribution in [1.29, 1.82) is 0 Å². The van der Waals surface area contributed by atoms with Crippen LogP contribution in [0.2, 0.25) is 10.0 Å². The Balaban J connectivity index is 1.89. The molecule has 2 aromatic carbocycles. The van der Waals surface area contributed by atoms with Crippen molar-refractivity contribution in [3.05, 3.63) is 52.8 Å². The van der Waals surface area contributed by atoms with E-state index in [1.807, 2.05) is 18.2 Å². The minimum absolute atomic E-state index is 0.187. The maximum atomic E-state index is 14.4. The number of piperidine rings is 1. The van der Waals surface area contributed by atoms with Gasteiger partial charge in [-0.2, -0.15) is 0 Å². The smallest absolute Gasteiger partial charge is 0.266 e. The number of anilines is 1. The summed E-state index contributed by atoms with van der Waals surface area (Å²) in [6, 6.07) is 10.7. The minimum Gasteiger partial charge on any atom is -0.349 e. The van der Waals surface area contributed by atoms with E-state index in [9.17, 15) is 13.6 Å². The molecule has 1 atom stereocenters. The average molecular weight is 436 g/mol. The molecule has 4 nitrogen and oxygen atoms in total. The van der Waals surface area contributed by atoms with Crippen LogP contribution in [0.15, 0.2) is 42.7 Å². The molecule has 1 aliphatic heterocycles. The summed E-state index contributed by atoms with van der Waals surface area (Å²) in [7, 11) is 0. The summed E-state index contributed by atoms with van der Waals surface area (Å²) >= 11 is 12.2. The first kappa shape index (κ1) is 20.0. The van der Waals surface area contributed by atoms with Crippen LogP contribution in [0.25, 0.3) is 22.0 Å². The van der Waals surface area contributed by atoms with Crippen molar-refractivity contribution < 1.29 is 13.6 Å². The third kappa shape index (κ3) is 3.91. The molecule has 4 rings (SSSR count). The van der Waals surface area contributed by atoms with Gasteiger partial charge in [-0.05, 0) is 36.2 Å². The van der Waals surface area contributed by atoms with Crippen LogP contribution in [0.1, 0.15) is 13.3 Å². The van der Waals surface area contributed by atoms with E-state index in [4.69, 9.17) is 23.2 Å². The van der Waals surface area contributed by atoms with Gasteiger partial charge in [0.1, 0.15) is 17.9 Å². The molecule has 0 radical (unpaired) electrons. The van der Waals surface area contributed by atoms with Crippen LogP contribution in [0, 0.1) is 5.92 Å². The lowest BCUT2D eigenvalue weighted by molar-refractivity contribution is -0.125. The molecule has 2 heterocycles. The highest BCUT2D eigenvalue weighted by Crippen LogP contribution is 2.39. The number of Topliss-reactive ketones (excluding diaryl/α,β-unsaturated/α-hetero) is 1. The zero-order chi connectivity index (χ0) is 20.8. The van der Waals surface area contributed by atoms with Gasteiger partial charge in [0.25, 0.3) is 5.92 Å². The fraction of sp³-hybridized carbons (Fsp3) is 0.286. The lowest BCUT2D eigenvalue weighted by Gasteiger charge is -2.37. The van der Waals surface area contributed by atoms with Crippen LogP contribution in [0.3, 0.4) is 0 Å². The molecule has 0 saturated carbocycles. The zero-order valence-corrected chi connectivity index (χ0v) is 17.0. The predicted octanol–water partition coefficient (Wildman–Crippen LogP) is 5.65. The van der Waals surface area contributed by atoms with E-state index in [2.05, 4.69) is 9.97 Å². The van der Waals surface area contributed by atoms with Crippen molar-refractivity contribution in [3.8, 4) is 11.1 Å². The summed E-state index contributed by atoms with van der Waals surface area (Å²) in [5.41, 5.74) is 2.14. The molecular formula is C21H17Cl2F2N3O. The van der Waals surface area contributed by atoms with E-state index in [0.717, 1.165) is 11.1 Å². The lowest BCUT2D eigenvalue weighted by atomic mass is 9.91. The molecule has 0 spiro atoms. The predicted molar refractivity (Wildman–Crippen MR) is 111 cm³/mol. The van der Waals surface area contributed by atoms with Gasteiger partial charge in [-0.25, -0.2) is 18.7 Å². The summed E-state index contributed by atoms with van der Waals surface area (Å²) in [5.74, 6) is -3.61. The van der Waals surface area contributed by atoms with E-state index >= 15 is 0 Å². The Hall–Kier alpha value is -2.31. The quantitative estimate of drug-likeness (QED) is 0.532. The number of ketones is 1. The molecular weight excluding hydrogens is 419 g/mol. The minimum atomic E-state index is -2.98. The van der Waals surface area contributed by atoms with Crippen molar-refractivity contribution in [2.45, 2.75) is 19.3 Å². The number of carbonyl (C=O) groups excluding carboxylic acids is 1. The Bertz CT molecular complexity index is 1100. The van der Waals surface area contributed by atoms with Crippen molar-refractivity contribution >= 4 is 45.7 Å². The highest BCUT2D eigenvalue weighted by Gasteiger charge is 2.42. The number of alkyl halides is 2. The van der Waals surface area contributed by atoms with E-state index in [-0.39, 0.29) is 12.3 Å². The summed E-state index contributed by atoms with van der Waals surface area (Å²) in [6.45, 7) is 1.04. The largest absolute Gasteiger partial charge is 0.349 e. The summed E-state index contributed by atoms with van der Waals surface area (Å²) in [4.78, 5) is 22.0. The lowest BCUT2D eigenvalue weighted by Crippen LogP contribution is -2.49. The average Bonchev–Trinajstić information content (AvgIpc) is 2.68. The number of hydrogen-bond acceptors (Lipinski definition) is 4. The molecule has 3 aromatic rings. The number of aromatic nitrogens is 2. The highest BCUT2D eigenvalue weighted by atomic mass is 35.5. The number of fused-ring (bicyclic) bond motifs is 1. The van der Waals surface area contributed by atoms with E-state index < -0.39 is 24.8 Å². The topological polar surface area (TPSA) is 46.1 Å². The van der Waals surface area contributed by atoms with Crippen molar-refractivity contribution in [2.75, 3.05) is 18.0 Å². The van der Waals surface area contributed by atoms with Gasteiger partial charge in [-0.1, -0.05) is 41.4 Å². The molecule has 0 aliphatic carbocycles.